The van der Waals surface area contributed by atoms with Crippen molar-refractivity contribution in [3.05, 3.63) is 41.3 Å². The molecular formula is C15H11F3N6O2. The maximum Gasteiger partial charge on any atom is 0.451 e. The van der Waals surface area contributed by atoms with Crippen molar-refractivity contribution in [3.63, 3.8) is 0 Å². The number of carbonyl (C=O) groups is 1. The van der Waals surface area contributed by atoms with E-state index >= 15 is 0 Å². The molecule has 1 aliphatic rings. The summed E-state index contributed by atoms with van der Waals surface area (Å²) in [6.07, 6.45) is -3.87. The fourth-order valence-electron chi connectivity index (χ4n) is 2.55. The smallest absolute Gasteiger partial charge is 0.451 e. The lowest BCUT2D eigenvalue weighted by atomic mass is 10.1. The maximum absolute atomic E-state index is 12.5. The predicted molar refractivity (Wildman–Crippen MR) is 82.6 cm³/mol. The van der Waals surface area contributed by atoms with Gasteiger partial charge in [0, 0.05) is 12.0 Å². The van der Waals surface area contributed by atoms with Crippen molar-refractivity contribution in [2.45, 2.75) is 12.6 Å². The number of rotatable bonds is 3. The van der Waals surface area contributed by atoms with E-state index in [1.807, 2.05) is 18.2 Å². The average Bonchev–Trinajstić information content (AvgIpc) is 3.33. The average molecular weight is 364 g/mol. The Morgan fingerprint density at radius 2 is 2.04 bits per heavy atom. The van der Waals surface area contributed by atoms with Gasteiger partial charge >= 0.3 is 6.18 Å². The molecule has 0 atom stereocenters. The van der Waals surface area contributed by atoms with E-state index in [2.05, 4.69) is 25.6 Å². The highest BCUT2D eigenvalue weighted by Crippen LogP contribution is 2.30. The van der Waals surface area contributed by atoms with Crippen LogP contribution in [0.1, 0.15) is 21.9 Å². The molecule has 4 rings (SSSR count). The van der Waals surface area contributed by atoms with Gasteiger partial charge in [-0.2, -0.15) is 23.3 Å². The van der Waals surface area contributed by atoms with E-state index in [0.717, 1.165) is 23.3 Å². The van der Waals surface area contributed by atoms with E-state index in [0.29, 0.717) is 12.3 Å². The Bertz CT molecular complexity index is 978. The molecule has 0 saturated heterocycles. The first-order valence-electron chi connectivity index (χ1n) is 7.52. The fourth-order valence-corrected chi connectivity index (χ4v) is 2.55. The van der Waals surface area contributed by atoms with Crippen LogP contribution in [0.2, 0.25) is 0 Å². The SMILES string of the molecule is O=C(Nc1n[nH]c(C(F)(F)F)n1)c1cc(-c2ccc3c(c2)CCO3)n[nH]1. The molecule has 3 N–H and O–H groups in total. The van der Waals surface area contributed by atoms with Crippen LogP contribution in [0.15, 0.2) is 24.3 Å². The minimum Gasteiger partial charge on any atom is -0.493 e. The lowest BCUT2D eigenvalue weighted by molar-refractivity contribution is -0.144. The number of carbonyl (C=O) groups excluding carboxylic acids is 1. The van der Waals surface area contributed by atoms with Crippen molar-refractivity contribution in [2.24, 2.45) is 0 Å². The molecule has 0 bridgehead atoms. The van der Waals surface area contributed by atoms with Crippen LogP contribution in [0.3, 0.4) is 0 Å². The number of hydrogen-bond donors (Lipinski definition) is 3. The number of nitrogens with one attached hydrogen (secondary N) is 3. The Kier molecular flexibility index (Phi) is 3.63. The van der Waals surface area contributed by atoms with Gasteiger partial charge in [0.25, 0.3) is 5.91 Å². The van der Waals surface area contributed by atoms with Crippen molar-refractivity contribution in [2.75, 3.05) is 11.9 Å². The van der Waals surface area contributed by atoms with Crippen molar-refractivity contribution in [1.82, 2.24) is 25.4 Å². The molecular weight excluding hydrogens is 353 g/mol. The quantitative estimate of drug-likeness (QED) is 0.661. The molecule has 2 aromatic heterocycles. The molecule has 3 aromatic rings. The summed E-state index contributed by atoms with van der Waals surface area (Å²) < 4.78 is 42.9. The summed E-state index contributed by atoms with van der Waals surface area (Å²) in [5.41, 5.74) is 2.43. The summed E-state index contributed by atoms with van der Waals surface area (Å²) in [5.74, 6) is -1.65. The van der Waals surface area contributed by atoms with Gasteiger partial charge in [-0.25, -0.2) is 0 Å². The summed E-state index contributed by atoms with van der Waals surface area (Å²) >= 11 is 0. The molecule has 0 saturated carbocycles. The predicted octanol–water partition coefficient (Wildman–Crippen LogP) is 2.40. The lowest BCUT2D eigenvalue weighted by Gasteiger charge is -2.01. The third kappa shape index (κ3) is 2.98. The first kappa shape index (κ1) is 16.1. The van der Waals surface area contributed by atoms with Crippen LogP contribution in [0.5, 0.6) is 5.75 Å². The number of aromatic nitrogens is 5. The van der Waals surface area contributed by atoms with Crippen molar-refractivity contribution in [3.8, 4) is 17.0 Å². The highest BCUT2D eigenvalue weighted by molar-refractivity contribution is 6.02. The highest BCUT2D eigenvalue weighted by Gasteiger charge is 2.35. The van der Waals surface area contributed by atoms with Gasteiger partial charge in [0.05, 0.1) is 12.3 Å². The van der Waals surface area contributed by atoms with Crippen molar-refractivity contribution >= 4 is 11.9 Å². The Labute approximate surface area is 143 Å². The summed E-state index contributed by atoms with van der Waals surface area (Å²) in [6.45, 7) is 0.629. The molecule has 8 nitrogen and oxygen atoms in total. The molecule has 0 spiro atoms. The zero-order valence-electron chi connectivity index (χ0n) is 13.0. The summed E-state index contributed by atoms with van der Waals surface area (Å²) in [4.78, 5) is 15.3. The number of hydrogen-bond acceptors (Lipinski definition) is 5. The van der Waals surface area contributed by atoms with E-state index in [1.54, 1.807) is 5.10 Å². The van der Waals surface area contributed by atoms with E-state index in [-0.39, 0.29) is 5.69 Å². The second-order valence-electron chi connectivity index (χ2n) is 5.55. The minimum atomic E-state index is -4.67. The Balaban J connectivity index is 1.51. The number of amides is 1. The van der Waals surface area contributed by atoms with Crippen molar-refractivity contribution < 1.29 is 22.7 Å². The number of benzene rings is 1. The Hall–Kier alpha value is -3.37. The van der Waals surface area contributed by atoms with E-state index in [9.17, 15) is 18.0 Å². The number of ether oxygens (including phenoxy) is 1. The van der Waals surface area contributed by atoms with Gasteiger partial charge in [-0.3, -0.25) is 20.3 Å². The van der Waals surface area contributed by atoms with Gasteiger partial charge in [0.1, 0.15) is 11.4 Å². The third-order valence-electron chi connectivity index (χ3n) is 3.79. The molecule has 3 heterocycles. The molecule has 0 unspecified atom stereocenters. The second-order valence-corrected chi connectivity index (χ2v) is 5.55. The lowest BCUT2D eigenvalue weighted by Crippen LogP contribution is -2.14. The van der Waals surface area contributed by atoms with Gasteiger partial charge < -0.3 is 4.74 Å². The molecule has 26 heavy (non-hydrogen) atoms. The van der Waals surface area contributed by atoms with Gasteiger partial charge in [-0.15, -0.1) is 5.10 Å². The minimum absolute atomic E-state index is 0.0649. The van der Waals surface area contributed by atoms with Gasteiger partial charge in [0.2, 0.25) is 11.8 Å². The number of alkyl halides is 3. The molecule has 1 aromatic carbocycles. The summed E-state index contributed by atoms with van der Waals surface area (Å²) in [6, 6.07) is 7.06. The maximum atomic E-state index is 12.5. The zero-order valence-corrected chi connectivity index (χ0v) is 13.0. The van der Waals surface area contributed by atoms with Gasteiger partial charge in [-0.1, -0.05) is 0 Å². The Morgan fingerprint density at radius 3 is 2.81 bits per heavy atom. The van der Waals surface area contributed by atoms with Crippen LogP contribution in [0.25, 0.3) is 11.3 Å². The number of halogens is 3. The van der Waals surface area contributed by atoms with Crippen LogP contribution in [-0.2, 0) is 12.6 Å². The van der Waals surface area contributed by atoms with Crippen LogP contribution in [-0.4, -0.2) is 37.9 Å². The molecule has 1 amide bonds. The van der Waals surface area contributed by atoms with Crippen molar-refractivity contribution in [1.29, 1.82) is 0 Å². The third-order valence-corrected chi connectivity index (χ3v) is 3.79. The van der Waals surface area contributed by atoms with Crippen LogP contribution in [0.4, 0.5) is 19.1 Å². The van der Waals surface area contributed by atoms with Crippen LogP contribution >= 0.6 is 0 Å². The van der Waals surface area contributed by atoms with Crippen LogP contribution < -0.4 is 10.1 Å². The van der Waals surface area contributed by atoms with E-state index in [4.69, 9.17) is 4.74 Å². The normalized spacial score (nSPS) is 13.3. The van der Waals surface area contributed by atoms with Gasteiger partial charge in [0.15, 0.2) is 0 Å². The topological polar surface area (TPSA) is 109 Å². The molecule has 0 radical (unpaired) electrons. The largest absolute Gasteiger partial charge is 0.493 e. The molecule has 1 aliphatic heterocycles. The highest BCUT2D eigenvalue weighted by atomic mass is 19.4. The van der Waals surface area contributed by atoms with Gasteiger partial charge in [-0.05, 0) is 29.8 Å². The first-order chi connectivity index (χ1) is 12.4. The summed E-state index contributed by atoms with van der Waals surface area (Å²) in [7, 11) is 0. The Morgan fingerprint density at radius 1 is 1.19 bits per heavy atom. The number of nitrogens with zero attached hydrogens (tertiary/aromatic N) is 3. The monoisotopic (exact) mass is 364 g/mol. The first-order valence-corrected chi connectivity index (χ1v) is 7.52. The number of fused-ring (bicyclic) bond motifs is 1. The van der Waals surface area contributed by atoms with Crippen LogP contribution in [0, 0.1) is 0 Å². The zero-order chi connectivity index (χ0) is 18.3. The number of aromatic amines is 2. The molecule has 0 fully saturated rings. The molecule has 134 valence electrons. The molecule has 0 aliphatic carbocycles. The number of anilines is 1. The fraction of sp³-hybridized carbons (Fsp3) is 0.200. The standard InChI is InChI=1S/C15H11F3N6O2/c16-15(17,18)13-20-14(24-23-13)19-12(25)10-6-9(21-22-10)7-1-2-11-8(5-7)3-4-26-11/h1-2,5-6H,3-4H2,(H,21,22)(H2,19,20,23,24,25). The van der Waals surface area contributed by atoms with E-state index in [1.165, 1.54) is 6.07 Å². The number of H-pyrrole nitrogens is 2. The molecule has 11 heteroatoms. The second kappa shape index (κ2) is 5.86. The summed E-state index contributed by atoms with van der Waals surface area (Å²) in [5, 5.41) is 13.8. The van der Waals surface area contributed by atoms with E-state index < -0.39 is 23.9 Å².